The van der Waals surface area contributed by atoms with Gasteiger partial charge < -0.3 is 5.11 Å². The first kappa shape index (κ1) is 20.4. The van der Waals surface area contributed by atoms with Gasteiger partial charge in [0.2, 0.25) is 10.0 Å². The van der Waals surface area contributed by atoms with Crippen LogP contribution >= 0.6 is 0 Å². The monoisotopic (exact) mass is 395 g/mol. The summed E-state index contributed by atoms with van der Waals surface area (Å²) in [5.41, 5.74) is 0.330. The molecule has 0 amide bonds. The van der Waals surface area contributed by atoms with Crippen molar-refractivity contribution in [1.82, 2.24) is 4.72 Å². The van der Waals surface area contributed by atoms with E-state index >= 15 is 0 Å². The van der Waals surface area contributed by atoms with Gasteiger partial charge in [-0.25, -0.2) is 21.9 Å². The van der Waals surface area contributed by atoms with Crippen molar-refractivity contribution < 1.29 is 31.9 Å². The first-order valence-corrected chi connectivity index (χ1v) is 9.16. The molecule has 27 heavy (non-hydrogen) atoms. The molecule has 2 N–H and O–H groups in total. The van der Waals surface area contributed by atoms with Crippen LogP contribution in [0.4, 0.5) is 8.78 Å². The Morgan fingerprint density at radius 3 is 2.48 bits per heavy atom. The summed E-state index contributed by atoms with van der Waals surface area (Å²) < 4.78 is 52.4. The molecule has 0 atom stereocenters. The lowest BCUT2D eigenvalue weighted by molar-refractivity contribution is -0.136. The highest BCUT2D eigenvalue weighted by Gasteiger charge is 2.15. The Morgan fingerprint density at radius 1 is 1.07 bits per heavy atom. The first-order valence-electron chi connectivity index (χ1n) is 7.68. The summed E-state index contributed by atoms with van der Waals surface area (Å²) >= 11 is 0. The molecule has 0 bridgehead atoms. The molecule has 0 radical (unpaired) electrons. The van der Waals surface area contributed by atoms with Crippen LogP contribution < -0.4 is 4.72 Å². The predicted molar refractivity (Wildman–Crippen MR) is 93.6 cm³/mol. The number of carbonyl (C=O) groups excluding carboxylic acids is 1. The molecule has 2 aromatic carbocycles. The highest BCUT2D eigenvalue weighted by Crippen LogP contribution is 2.14. The standard InChI is InChI=1S/C18H15F2NO5S/c19-15-6-4-12(10-16(15)20)5-7-17(22)13-2-1-3-14(11-13)27(25,26)21-9-8-18(23)24/h1-7,10-11,21H,8-9H2,(H,23,24)/b7-5+. The third-order valence-corrected chi connectivity index (χ3v) is 4.89. The molecule has 0 aliphatic carbocycles. The van der Waals surface area contributed by atoms with E-state index in [2.05, 4.69) is 4.72 Å². The quantitative estimate of drug-likeness (QED) is 0.529. The number of carboxylic acid groups (broad SMARTS) is 1. The molecule has 0 unspecified atom stereocenters. The van der Waals surface area contributed by atoms with Gasteiger partial charge in [0.05, 0.1) is 11.3 Å². The minimum atomic E-state index is -3.97. The second-order valence-electron chi connectivity index (χ2n) is 5.44. The van der Waals surface area contributed by atoms with Crippen LogP contribution in [0.15, 0.2) is 53.4 Å². The molecule has 2 aromatic rings. The summed E-state index contributed by atoms with van der Waals surface area (Å²) in [6.07, 6.45) is 2.00. The summed E-state index contributed by atoms with van der Waals surface area (Å²) in [5.74, 6) is -3.75. The van der Waals surface area contributed by atoms with Crippen molar-refractivity contribution >= 4 is 27.9 Å². The number of rotatable bonds is 8. The number of sulfonamides is 1. The second kappa shape index (κ2) is 8.65. The van der Waals surface area contributed by atoms with E-state index < -0.39 is 33.4 Å². The van der Waals surface area contributed by atoms with Crippen LogP contribution in [0.1, 0.15) is 22.3 Å². The van der Waals surface area contributed by atoms with Crippen molar-refractivity contribution in [2.45, 2.75) is 11.3 Å². The number of ketones is 1. The van der Waals surface area contributed by atoms with Crippen molar-refractivity contribution in [2.75, 3.05) is 6.54 Å². The molecule has 0 saturated carbocycles. The molecule has 2 rings (SSSR count). The molecule has 0 aromatic heterocycles. The number of hydrogen-bond acceptors (Lipinski definition) is 4. The molecule has 9 heteroatoms. The smallest absolute Gasteiger partial charge is 0.304 e. The lowest BCUT2D eigenvalue weighted by Gasteiger charge is -2.06. The van der Waals surface area contributed by atoms with Gasteiger partial charge in [0, 0.05) is 12.1 Å². The van der Waals surface area contributed by atoms with Gasteiger partial charge in [0.25, 0.3) is 0 Å². The van der Waals surface area contributed by atoms with E-state index in [1.165, 1.54) is 30.3 Å². The van der Waals surface area contributed by atoms with Crippen LogP contribution in [0.3, 0.4) is 0 Å². The maximum atomic E-state index is 13.2. The fraction of sp³-hybridized carbons (Fsp3) is 0.111. The van der Waals surface area contributed by atoms with E-state index in [-0.39, 0.29) is 29.0 Å². The third kappa shape index (κ3) is 5.80. The summed E-state index contributed by atoms with van der Waals surface area (Å²) in [5, 5.41) is 8.55. The van der Waals surface area contributed by atoms with E-state index in [4.69, 9.17) is 5.11 Å². The average molecular weight is 395 g/mol. The number of hydrogen-bond donors (Lipinski definition) is 2. The van der Waals surface area contributed by atoms with Crippen LogP contribution in [-0.2, 0) is 14.8 Å². The molecule has 6 nitrogen and oxygen atoms in total. The molecule has 0 saturated heterocycles. The molecule has 0 heterocycles. The topological polar surface area (TPSA) is 101 Å². The van der Waals surface area contributed by atoms with Gasteiger partial charge in [0.15, 0.2) is 17.4 Å². The molecule has 0 aliphatic rings. The number of benzene rings is 2. The second-order valence-corrected chi connectivity index (χ2v) is 7.21. The van der Waals surface area contributed by atoms with E-state index in [0.29, 0.717) is 0 Å². The predicted octanol–water partition coefficient (Wildman–Crippen LogP) is 2.61. The number of carbonyl (C=O) groups is 2. The van der Waals surface area contributed by atoms with E-state index in [9.17, 15) is 26.8 Å². The molecule has 0 fully saturated rings. The van der Waals surface area contributed by atoms with E-state index in [1.54, 1.807) is 0 Å². The van der Waals surface area contributed by atoms with Crippen molar-refractivity contribution in [3.05, 3.63) is 71.3 Å². The molecule has 0 spiro atoms. The summed E-state index contributed by atoms with van der Waals surface area (Å²) in [6.45, 7) is -0.286. The third-order valence-electron chi connectivity index (χ3n) is 3.43. The van der Waals surface area contributed by atoms with Crippen LogP contribution in [0.2, 0.25) is 0 Å². The Morgan fingerprint density at radius 2 is 1.81 bits per heavy atom. The average Bonchev–Trinajstić information content (AvgIpc) is 2.62. The van der Waals surface area contributed by atoms with Crippen LogP contribution in [0.25, 0.3) is 6.08 Å². The maximum Gasteiger partial charge on any atom is 0.304 e. The summed E-state index contributed by atoms with van der Waals surface area (Å²) in [4.78, 5) is 22.5. The van der Waals surface area contributed by atoms with E-state index in [1.807, 2.05) is 0 Å². The zero-order valence-electron chi connectivity index (χ0n) is 13.9. The Balaban J connectivity index is 2.15. The van der Waals surface area contributed by atoms with Gasteiger partial charge in [-0.1, -0.05) is 24.3 Å². The Bertz CT molecular complexity index is 1000. The zero-order chi connectivity index (χ0) is 20.0. The largest absolute Gasteiger partial charge is 0.481 e. The summed E-state index contributed by atoms with van der Waals surface area (Å²) in [6, 6.07) is 8.30. The molecular weight excluding hydrogens is 380 g/mol. The normalized spacial score (nSPS) is 11.6. The van der Waals surface area contributed by atoms with E-state index in [0.717, 1.165) is 24.3 Å². The zero-order valence-corrected chi connectivity index (χ0v) is 14.7. The van der Waals surface area contributed by atoms with Gasteiger partial charge in [0.1, 0.15) is 0 Å². The lowest BCUT2D eigenvalue weighted by atomic mass is 10.1. The van der Waals surface area contributed by atoms with Crippen molar-refractivity contribution in [3.63, 3.8) is 0 Å². The Labute approximate surface area is 154 Å². The number of nitrogens with one attached hydrogen (secondary N) is 1. The summed E-state index contributed by atoms with van der Waals surface area (Å²) in [7, 11) is -3.97. The Hall–Kier alpha value is -2.91. The highest BCUT2D eigenvalue weighted by molar-refractivity contribution is 7.89. The van der Waals surface area contributed by atoms with Gasteiger partial charge in [-0.05, 0) is 35.9 Å². The van der Waals surface area contributed by atoms with Crippen molar-refractivity contribution in [2.24, 2.45) is 0 Å². The maximum absolute atomic E-state index is 13.2. The lowest BCUT2D eigenvalue weighted by Crippen LogP contribution is -2.26. The fourth-order valence-electron chi connectivity index (χ4n) is 2.08. The minimum Gasteiger partial charge on any atom is -0.481 e. The number of allylic oxidation sites excluding steroid dienone is 1. The number of halogens is 2. The van der Waals surface area contributed by atoms with Gasteiger partial charge in [-0.15, -0.1) is 0 Å². The fourth-order valence-corrected chi connectivity index (χ4v) is 3.15. The number of aliphatic carboxylic acids is 1. The van der Waals surface area contributed by atoms with Gasteiger partial charge >= 0.3 is 5.97 Å². The highest BCUT2D eigenvalue weighted by atomic mass is 32.2. The molecule has 142 valence electrons. The van der Waals surface area contributed by atoms with Crippen LogP contribution in [0.5, 0.6) is 0 Å². The van der Waals surface area contributed by atoms with Gasteiger partial charge in [-0.2, -0.15) is 0 Å². The van der Waals surface area contributed by atoms with Crippen molar-refractivity contribution in [3.8, 4) is 0 Å². The van der Waals surface area contributed by atoms with Crippen LogP contribution in [0, 0.1) is 11.6 Å². The molecule has 0 aliphatic heterocycles. The Kier molecular flexibility index (Phi) is 6.54. The minimum absolute atomic E-state index is 0.0648. The van der Waals surface area contributed by atoms with Gasteiger partial charge in [-0.3, -0.25) is 9.59 Å². The van der Waals surface area contributed by atoms with Crippen LogP contribution in [-0.4, -0.2) is 31.8 Å². The SMILES string of the molecule is O=C(O)CCNS(=O)(=O)c1cccc(C(=O)/C=C/c2ccc(F)c(F)c2)c1. The molecular formula is C18H15F2NO5S. The van der Waals surface area contributed by atoms with Crippen molar-refractivity contribution in [1.29, 1.82) is 0 Å². The number of carboxylic acids is 1. The first-order chi connectivity index (χ1) is 12.7.